The van der Waals surface area contributed by atoms with Crippen LogP contribution in [0.5, 0.6) is 0 Å². The maximum atomic E-state index is 8.93. The molecule has 0 radical (unpaired) electrons. The third-order valence-corrected chi connectivity index (χ3v) is 3.29. The van der Waals surface area contributed by atoms with Crippen molar-refractivity contribution >= 4 is 11.3 Å². The highest BCUT2D eigenvalue weighted by atomic mass is 32.1. The standard InChI is InChI=1S/C11H20N2OS/c1-8(2)13(9(3)4)5-11-12-10(6-14)7-15-11/h7-9,14H,5-6H2,1-4H3. The lowest BCUT2D eigenvalue weighted by Gasteiger charge is -2.29. The van der Waals surface area contributed by atoms with Gasteiger partial charge in [-0.05, 0) is 27.7 Å². The fraction of sp³-hybridized carbons (Fsp3) is 0.727. The van der Waals surface area contributed by atoms with Crippen molar-refractivity contribution in [2.75, 3.05) is 0 Å². The van der Waals surface area contributed by atoms with Gasteiger partial charge in [-0.3, -0.25) is 4.90 Å². The molecule has 0 saturated carbocycles. The average molecular weight is 228 g/mol. The quantitative estimate of drug-likeness (QED) is 0.839. The second-order valence-corrected chi connectivity index (χ2v) is 5.19. The maximum Gasteiger partial charge on any atom is 0.107 e. The number of thiazole rings is 1. The fourth-order valence-electron chi connectivity index (χ4n) is 1.61. The van der Waals surface area contributed by atoms with E-state index in [1.54, 1.807) is 11.3 Å². The Morgan fingerprint density at radius 3 is 2.33 bits per heavy atom. The van der Waals surface area contributed by atoms with Crippen LogP contribution < -0.4 is 0 Å². The third-order valence-electron chi connectivity index (χ3n) is 2.41. The van der Waals surface area contributed by atoms with Crippen molar-refractivity contribution in [2.45, 2.75) is 52.9 Å². The Bertz CT molecular complexity index is 289. The first-order valence-corrected chi connectivity index (χ1v) is 6.22. The Kier molecular flexibility index (Phi) is 4.70. The summed E-state index contributed by atoms with van der Waals surface area (Å²) in [5.41, 5.74) is 0.780. The Morgan fingerprint density at radius 2 is 1.93 bits per heavy atom. The van der Waals surface area contributed by atoms with Crippen molar-refractivity contribution in [2.24, 2.45) is 0 Å². The molecule has 0 unspecified atom stereocenters. The minimum Gasteiger partial charge on any atom is -0.390 e. The zero-order chi connectivity index (χ0) is 11.4. The van der Waals surface area contributed by atoms with Crippen LogP contribution in [0.15, 0.2) is 5.38 Å². The van der Waals surface area contributed by atoms with E-state index in [1.165, 1.54) is 0 Å². The van der Waals surface area contributed by atoms with Gasteiger partial charge in [0.2, 0.25) is 0 Å². The van der Waals surface area contributed by atoms with Crippen LogP contribution in [-0.2, 0) is 13.2 Å². The smallest absolute Gasteiger partial charge is 0.107 e. The molecule has 0 amide bonds. The fourth-order valence-corrected chi connectivity index (χ4v) is 2.40. The molecule has 0 aliphatic rings. The molecule has 0 spiro atoms. The molecule has 0 bridgehead atoms. The van der Waals surface area contributed by atoms with Gasteiger partial charge in [-0.15, -0.1) is 11.3 Å². The summed E-state index contributed by atoms with van der Waals surface area (Å²) in [7, 11) is 0. The Balaban J connectivity index is 2.65. The van der Waals surface area contributed by atoms with E-state index in [1.807, 2.05) is 5.38 Å². The van der Waals surface area contributed by atoms with E-state index in [0.717, 1.165) is 17.2 Å². The average Bonchev–Trinajstić information content (AvgIpc) is 2.60. The van der Waals surface area contributed by atoms with Crippen LogP contribution in [0.25, 0.3) is 0 Å². The molecule has 0 aromatic carbocycles. The zero-order valence-corrected chi connectivity index (χ0v) is 10.7. The molecule has 4 heteroatoms. The number of aliphatic hydroxyl groups is 1. The normalized spacial score (nSPS) is 12.0. The van der Waals surface area contributed by atoms with Crippen LogP contribution in [0, 0.1) is 0 Å². The minimum atomic E-state index is 0.0415. The molecule has 1 aromatic heterocycles. The molecule has 1 N–H and O–H groups in total. The first-order chi connectivity index (χ1) is 7.04. The zero-order valence-electron chi connectivity index (χ0n) is 9.90. The summed E-state index contributed by atoms with van der Waals surface area (Å²) in [6.07, 6.45) is 0. The van der Waals surface area contributed by atoms with E-state index in [2.05, 4.69) is 37.6 Å². The van der Waals surface area contributed by atoms with Gasteiger partial charge in [0, 0.05) is 17.5 Å². The molecule has 86 valence electrons. The summed E-state index contributed by atoms with van der Waals surface area (Å²) in [6.45, 7) is 9.70. The van der Waals surface area contributed by atoms with Crippen LogP contribution in [0.2, 0.25) is 0 Å². The van der Waals surface area contributed by atoms with Gasteiger partial charge in [0.05, 0.1) is 18.8 Å². The summed E-state index contributed by atoms with van der Waals surface area (Å²) in [5, 5.41) is 11.9. The monoisotopic (exact) mass is 228 g/mol. The Morgan fingerprint density at radius 1 is 1.33 bits per heavy atom. The molecule has 0 saturated heterocycles. The highest BCUT2D eigenvalue weighted by Crippen LogP contribution is 2.16. The van der Waals surface area contributed by atoms with E-state index in [-0.39, 0.29) is 6.61 Å². The van der Waals surface area contributed by atoms with E-state index in [9.17, 15) is 0 Å². The highest BCUT2D eigenvalue weighted by molar-refractivity contribution is 7.09. The number of rotatable bonds is 5. The minimum absolute atomic E-state index is 0.0415. The largest absolute Gasteiger partial charge is 0.390 e. The van der Waals surface area contributed by atoms with Gasteiger partial charge in [-0.2, -0.15) is 0 Å². The summed E-state index contributed by atoms with van der Waals surface area (Å²) < 4.78 is 0. The van der Waals surface area contributed by atoms with Gasteiger partial charge in [-0.1, -0.05) is 0 Å². The maximum absolute atomic E-state index is 8.93. The number of hydrogen-bond donors (Lipinski definition) is 1. The summed E-state index contributed by atoms with van der Waals surface area (Å²) in [6, 6.07) is 1.04. The molecule has 0 aliphatic carbocycles. The lowest BCUT2D eigenvalue weighted by Crippen LogP contribution is -2.36. The van der Waals surface area contributed by atoms with Crippen LogP contribution in [-0.4, -0.2) is 27.1 Å². The van der Waals surface area contributed by atoms with E-state index >= 15 is 0 Å². The molecule has 0 fully saturated rings. The predicted molar refractivity (Wildman–Crippen MR) is 63.9 cm³/mol. The molecule has 1 aromatic rings. The van der Waals surface area contributed by atoms with E-state index in [0.29, 0.717) is 12.1 Å². The summed E-state index contributed by atoms with van der Waals surface area (Å²) in [4.78, 5) is 6.75. The third kappa shape index (κ3) is 3.55. The SMILES string of the molecule is CC(C)N(Cc1nc(CO)cs1)C(C)C. The Hall–Kier alpha value is -0.450. The Labute approximate surface area is 95.8 Å². The van der Waals surface area contributed by atoms with Crippen LogP contribution in [0.3, 0.4) is 0 Å². The van der Waals surface area contributed by atoms with Crippen molar-refractivity contribution < 1.29 is 5.11 Å². The predicted octanol–water partition coefficient (Wildman–Crippen LogP) is 2.25. The molecule has 0 aliphatic heterocycles. The number of aromatic nitrogens is 1. The lowest BCUT2D eigenvalue weighted by atomic mass is 10.2. The van der Waals surface area contributed by atoms with Gasteiger partial charge in [0.25, 0.3) is 0 Å². The molecule has 1 rings (SSSR count). The molecule has 0 atom stereocenters. The topological polar surface area (TPSA) is 36.4 Å². The number of hydrogen-bond acceptors (Lipinski definition) is 4. The first kappa shape index (κ1) is 12.6. The summed E-state index contributed by atoms with van der Waals surface area (Å²) >= 11 is 1.62. The van der Waals surface area contributed by atoms with Crippen molar-refractivity contribution in [3.05, 3.63) is 16.1 Å². The van der Waals surface area contributed by atoms with E-state index in [4.69, 9.17) is 5.11 Å². The van der Waals surface area contributed by atoms with Gasteiger partial charge in [0.1, 0.15) is 5.01 Å². The molecular weight excluding hydrogens is 208 g/mol. The number of aliphatic hydroxyl groups excluding tert-OH is 1. The highest BCUT2D eigenvalue weighted by Gasteiger charge is 2.15. The van der Waals surface area contributed by atoms with Crippen LogP contribution in [0.4, 0.5) is 0 Å². The first-order valence-electron chi connectivity index (χ1n) is 5.34. The van der Waals surface area contributed by atoms with Crippen molar-refractivity contribution in [1.82, 2.24) is 9.88 Å². The molecular formula is C11H20N2OS. The van der Waals surface area contributed by atoms with Crippen molar-refractivity contribution in [1.29, 1.82) is 0 Å². The van der Waals surface area contributed by atoms with Crippen molar-refractivity contribution in [3.8, 4) is 0 Å². The van der Waals surface area contributed by atoms with Crippen LogP contribution in [0.1, 0.15) is 38.4 Å². The van der Waals surface area contributed by atoms with Crippen LogP contribution >= 0.6 is 11.3 Å². The molecule has 15 heavy (non-hydrogen) atoms. The van der Waals surface area contributed by atoms with E-state index < -0.39 is 0 Å². The summed E-state index contributed by atoms with van der Waals surface area (Å²) in [5.74, 6) is 0. The second-order valence-electron chi connectivity index (χ2n) is 4.25. The molecule has 3 nitrogen and oxygen atoms in total. The molecule has 1 heterocycles. The second kappa shape index (κ2) is 5.58. The number of nitrogens with zero attached hydrogens (tertiary/aromatic N) is 2. The van der Waals surface area contributed by atoms with Gasteiger partial charge in [-0.25, -0.2) is 4.98 Å². The van der Waals surface area contributed by atoms with Gasteiger partial charge in [0.15, 0.2) is 0 Å². The van der Waals surface area contributed by atoms with Gasteiger partial charge >= 0.3 is 0 Å². The lowest BCUT2D eigenvalue weighted by molar-refractivity contribution is 0.165. The van der Waals surface area contributed by atoms with Crippen molar-refractivity contribution in [3.63, 3.8) is 0 Å². The van der Waals surface area contributed by atoms with Gasteiger partial charge < -0.3 is 5.11 Å².